The lowest BCUT2D eigenvalue weighted by atomic mass is 9.82. The molecule has 0 atom stereocenters. The van der Waals surface area contributed by atoms with Gasteiger partial charge >= 0.3 is 0 Å². The Hall–Kier alpha value is -1.12. The van der Waals surface area contributed by atoms with Crippen molar-refractivity contribution in [2.45, 2.75) is 26.7 Å². The molecule has 0 amide bonds. The zero-order valence-electron chi connectivity index (χ0n) is 12.4. The molecular weight excluding hydrogens is 236 g/mol. The third-order valence-corrected chi connectivity index (χ3v) is 2.86. The van der Waals surface area contributed by atoms with E-state index in [1.54, 1.807) is 12.2 Å². The van der Waals surface area contributed by atoms with Crippen LogP contribution in [0.4, 0.5) is 0 Å². The van der Waals surface area contributed by atoms with E-state index >= 15 is 0 Å². The minimum absolute atomic E-state index is 0.00889. The fourth-order valence-electron chi connectivity index (χ4n) is 1.81. The molecule has 0 aromatic heterocycles. The van der Waals surface area contributed by atoms with Gasteiger partial charge in [-0.05, 0) is 26.7 Å². The average Bonchev–Trinajstić information content (AvgIpc) is 2.43. The van der Waals surface area contributed by atoms with Crippen molar-refractivity contribution in [2.75, 3.05) is 26.4 Å². The zero-order chi connectivity index (χ0) is 14.4. The quantitative estimate of drug-likeness (QED) is 0.386. The van der Waals surface area contributed by atoms with Crippen molar-refractivity contribution in [1.29, 1.82) is 0 Å². The van der Waals surface area contributed by atoms with Crippen molar-refractivity contribution in [3.8, 4) is 0 Å². The van der Waals surface area contributed by atoms with Crippen LogP contribution in [0.5, 0.6) is 0 Å². The molecule has 2 nitrogen and oxygen atoms in total. The van der Waals surface area contributed by atoms with Crippen LogP contribution in [0.25, 0.3) is 0 Å². The van der Waals surface area contributed by atoms with Gasteiger partial charge in [0.15, 0.2) is 0 Å². The van der Waals surface area contributed by atoms with Crippen molar-refractivity contribution in [2.24, 2.45) is 5.41 Å². The van der Waals surface area contributed by atoms with Gasteiger partial charge in [0.2, 0.25) is 0 Å². The predicted molar refractivity (Wildman–Crippen MR) is 83.3 cm³/mol. The summed E-state index contributed by atoms with van der Waals surface area (Å²) in [5, 5.41) is 0. The number of hydrogen-bond acceptors (Lipinski definition) is 2. The van der Waals surface area contributed by atoms with Crippen LogP contribution in [0.3, 0.4) is 0 Å². The van der Waals surface area contributed by atoms with Crippen LogP contribution in [0, 0.1) is 5.41 Å². The van der Waals surface area contributed by atoms with E-state index in [2.05, 4.69) is 37.5 Å². The first kappa shape index (κ1) is 17.9. The molecule has 0 heterocycles. The van der Waals surface area contributed by atoms with E-state index in [0.717, 1.165) is 12.8 Å². The Morgan fingerprint density at radius 2 is 1.26 bits per heavy atom. The largest absolute Gasteiger partial charge is 0.377 e. The molecule has 19 heavy (non-hydrogen) atoms. The van der Waals surface area contributed by atoms with Gasteiger partial charge in [-0.3, -0.25) is 0 Å². The van der Waals surface area contributed by atoms with E-state index in [1.807, 2.05) is 13.8 Å². The van der Waals surface area contributed by atoms with Gasteiger partial charge in [0.1, 0.15) is 0 Å². The Morgan fingerprint density at radius 3 is 1.58 bits per heavy atom. The van der Waals surface area contributed by atoms with Crippen molar-refractivity contribution < 1.29 is 9.47 Å². The first-order valence-corrected chi connectivity index (χ1v) is 6.84. The smallest absolute Gasteiger partial charge is 0.0645 e. The van der Waals surface area contributed by atoms with Crippen LogP contribution < -0.4 is 0 Å². The number of ether oxygens (including phenoxy) is 2. The summed E-state index contributed by atoms with van der Waals surface area (Å²) in [6, 6.07) is 0. The highest BCUT2D eigenvalue weighted by molar-refractivity contribution is 4.96. The molecule has 0 unspecified atom stereocenters. The van der Waals surface area contributed by atoms with Gasteiger partial charge in [0.25, 0.3) is 0 Å². The summed E-state index contributed by atoms with van der Waals surface area (Å²) in [6.07, 6.45) is 14.0. The van der Waals surface area contributed by atoms with Gasteiger partial charge in [-0.1, -0.05) is 36.5 Å². The Balaban J connectivity index is 4.71. The van der Waals surface area contributed by atoms with Crippen LogP contribution in [0.15, 0.2) is 49.6 Å². The highest BCUT2D eigenvalue weighted by Gasteiger charge is 2.28. The Kier molecular flexibility index (Phi) is 11.2. The molecule has 0 aliphatic rings. The lowest BCUT2D eigenvalue weighted by Gasteiger charge is -2.31. The SMILES string of the molecule is C=CCOCC(C/C=C/C)(C/C=C/C)COCC=C. The molecule has 0 spiro atoms. The molecule has 0 saturated heterocycles. The summed E-state index contributed by atoms with van der Waals surface area (Å²) >= 11 is 0. The standard InChI is InChI=1S/C17H28O2/c1-5-9-11-17(12-10-6-2,15-18-13-7-3)16-19-14-8-4/h5-10H,3-4,11-16H2,1-2H3/b9-5+,10-6+. The van der Waals surface area contributed by atoms with Crippen LogP contribution >= 0.6 is 0 Å². The number of hydrogen-bond donors (Lipinski definition) is 0. The molecule has 0 aliphatic heterocycles. The molecule has 0 fully saturated rings. The lowest BCUT2D eigenvalue weighted by Crippen LogP contribution is -2.32. The Labute approximate surface area is 118 Å². The molecule has 2 heteroatoms. The summed E-state index contributed by atoms with van der Waals surface area (Å²) in [4.78, 5) is 0. The maximum Gasteiger partial charge on any atom is 0.0645 e. The van der Waals surface area contributed by atoms with Gasteiger partial charge in [-0.25, -0.2) is 0 Å². The summed E-state index contributed by atoms with van der Waals surface area (Å²) in [5.74, 6) is 0. The highest BCUT2D eigenvalue weighted by atomic mass is 16.5. The number of rotatable bonds is 12. The summed E-state index contributed by atoms with van der Waals surface area (Å²) < 4.78 is 11.4. The second-order valence-electron chi connectivity index (χ2n) is 4.65. The molecule has 0 bridgehead atoms. The predicted octanol–water partition coefficient (Wildman–Crippen LogP) is 4.31. The highest BCUT2D eigenvalue weighted by Crippen LogP contribution is 2.29. The van der Waals surface area contributed by atoms with E-state index in [0.29, 0.717) is 26.4 Å². The molecule has 0 radical (unpaired) electrons. The van der Waals surface area contributed by atoms with Crippen molar-refractivity contribution in [3.63, 3.8) is 0 Å². The van der Waals surface area contributed by atoms with Crippen molar-refractivity contribution in [3.05, 3.63) is 49.6 Å². The number of allylic oxidation sites excluding steroid dienone is 4. The molecule has 0 aromatic rings. The van der Waals surface area contributed by atoms with E-state index in [-0.39, 0.29) is 5.41 Å². The van der Waals surface area contributed by atoms with Crippen LogP contribution in [0.1, 0.15) is 26.7 Å². The summed E-state index contributed by atoms with van der Waals surface area (Å²) in [5.41, 5.74) is -0.00889. The third-order valence-electron chi connectivity index (χ3n) is 2.86. The normalized spacial score (nSPS) is 12.3. The van der Waals surface area contributed by atoms with Gasteiger partial charge in [0.05, 0.1) is 26.4 Å². The van der Waals surface area contributed by atoms with Crippen LogP contribution in [0.2, 0.25) is 0 Å². The Bertz CT molecular complexity index is 260. The Morgan fingerprint density at radius 1 is 0.842 bits per heavy atom. The van der Waals surface area contributed by atoms with Gasteiger partial charge < -0.3 is 9.47 Å². The minimum Gasteiger partial charge on any atom is -0.377 e. The molecule has 0 aromatic carbocycles. The van der Waals surface area contributed by atoms with Gasteiger partial charge in [-0.2, -0.15) is 0 Å². The van der Waals surface area contributed by atoms with E-state index < -0.39 is 0 Å². The minimum atomic E-state index is -0.00889. The average molecular weight is 264 g/mol. The van der Waals surface area contributed by atoms with Crippen molar-refractivity contribution in [1.82, 2.24) is 0 Å². The van der Waals surface area contributed by atoms with Gasteiger partial charge in [0, 0.05) is 5.41 Å². The van der Waals surface area contributed by atoms with E-state index in [1.165, 1.54) is 0 Å². The van der Waals surface area contributed by atoms with E-state index in [9.17, 15) is 0 Å². The zero-order valence-corrected chi connectivity index (χ0v) is 12.4. The lowest BCUT2D eigenvalue weighted by molar-refractivity contribution is -0.00593. The molecule has 108 valence electrons. The van der Waals surface area contributed by atoms with Crippen molar-refractivity contribution >= 4 is 0 Å². The summed E-state index contributed by atoms with van der Waals surface area (Å²) in [6.45, 7) is 13.9. The maximum absolute atomic E-state index is 5.68. The fraction of sp³-hybridized carbons (Fsp3) is 0.529. The van der Waals surface area contributed by atoms with Crippen LogP contribution in [-0.2, 0) is 9.47 Å². The molecular formula is C17H28O2. The second-order valence-corrected chi connectivity index (χ2v) is 4.65. The first-order valence-electron chi connectivity index (χ1n) is 6.84. The third kappa shape index (κ3) is 8.57. The summed E-state index contributed by atoms with van der Waals surface area (Å²) in [7, 11) is 0. The maximum atomic E-state index is 5.68. The molecule has 0 aliphatic carbocycles. The van der Waals surface area contributed by atoms with E-state index in [4.69, 9.17) is 9.47 Å². The second kappa shape index (κ2) is 11.9. The van der Waals surface area contributed by atoms with Crippen LogP contribution in [-0.4, -0.2) is 26.4 Å². The molecule has 0 saturated carbocycles. The van der Waals surface area contributed by atoms with Gasteiger partial charge in [-0.15, -0.1) is 13.2 Å². The molecule has 0 rings (SSSR count). The fourth-order valence-corrected chi connectivity index (χ4v) is 1.81. The first-order chi connectivity index (χ1) is 9.24. The molecule has 0 N–H and O–H groups in total. The topological polar surface area (TPSA) is 18.5 Å². The monoisotopic (exact) mass is 264 g/mol.